The van der Waals surface area contributed by atoms with Gasteiger partial charge in [-0.2, -0.15) is 0 Å². The number of benzene rings is 1. The van der Waals surface area contributed by atoms with Gasteiger partial charge in [0.25, 0.3) is 0 Å². The lowest BCUT2D eigenvalue weighted by Crippen LogP contribution is -2.20. The summed E-state index contributed by atoms with van der Waals surface area (Å²) >= 11 is 0. The molecule has 0 radical (unpaired) electrons. The minimum Gasteiger partial charge on any atom is -0.396 e. The third kappa shape index (κ3) is 4.79. The molecule has 18 heavy (non-hydrogen) atoms. The molecule has 0 spiro atoms. The molecule has 1 aromatic rings. The van der Waals surface area contributed by atoms with Crippen LogP contribution in [0.25, 0.3) is 0 Å². The number of aliphatic hydroxyl groups excluding tert-OH is 1. The molecule has 0 unspecified atom stereocenters. The van der Waals surface area contributed by atoms with Crippen molar-refractivity contribution in [1.82, 2.24) is 4.90 Å². The van der Waals surface area contributed by atoms with E-state index in [1.54, 1.807) is 0 Å². The summed E-state index contributed by atoms with van der Waals surface area (Å²) in [6.45, 7) is 9.00. The minimum atomic E-state index is 0.301. The van der Waals surface area contributed by atoms with Crippen LogP contribution in [-0.2, 0) is 6.54 Å². The standard InChI is InChI=1S/C16H27NO/c1-13(2)15-8-7-14(3)16(11-15)12-17(4)9-5-6-10-18/h7-8,11,13,18H,5-6,9-10,12H2,1-4H3. The molecule has 0 aliphatic rings. The molecule has 0 aromatic heterocycles. The monoisotopic (exact) mass is 249 g/mol. The molecule has 0 bridgehead atoms. The van der Waals surface area contributed by atoms with Crippen LogP contribution in [0.1, 0.15) is 49.3 Å². The number of aliphatic hydroxyl groups is 1. The predicted octanol–water partition coefficient (Wildman–Crippen LogP) is 3.32. The van der Waals surface area contributed by atoms with E-state index >= 15 is 0 Å². The molecule has 0 fully saturated rings. The van der Waals surface area contributed by atoms with Crippen LogP contribution in [0.5, 0.6) is 0 Å². The van der Waals surface area contributed by atoms with Crippen molar-refractivity contribution in [2.75, 3.05) is 20.2 Å². The van der Waals surface area contributed by atoms with Crippen LogP contribution >= 0.6 is 0 Å². The van der Waals surface area contributed by atoms with Gasteiger partial charge >= 0.3 is 0 Å². The molecule has 1 aromatic carbocycles. The van der Waals surface area contributed by atoms with Crippen LogP contribution in [0.3, 0.4) is 0 Å². The molecule has 102 valence electrons. The van der Waals surface area contributed by atoms with E-state index < -0.39 is 0 Å². The molecule has 0 heterocycles. The van der Waals surface area contributed by atoms with Crippen molar-refractivity contribution in [2.24, 2.45) is 0 Å². The fraction of sp³-hybridized carbons (Fsp3) is 0.625. The Labute approximate surface area is 112 Å². The number of nitrogens with zero attached hydrogens (tertiary/aromatic N) is 1. The van der Waals surface area contributed by atoms with Gasteiger partial charge < -0.3 is 10.0 Å². The van der Waals surface area contributed by atoms with Gasteiger partial charge in [-0.25, -0.2) is 0 Å². The summed E-state index contributed by atoms with van der Waals surface area (Å²) in [5.41, 5.74) is 4.21. The van der Waals surface area contributed by atoms with Gasteiger partial charge in [0.05, 0.1) is 0 Å². The molecular weight excluding hydrogens is 222 g/mol. The molecule has 1 N–H and O–H groups in total. The molecule has 1 rings (SSSR count). The lowest BCUT2D eigenvalue weighted by atomic mass is 9.97. The summed E-state index contributed by atoms with van der Waals surface area (Å²) in [7, 11) is 2.15. The molecule has 0 aliphatic carbocycles. The first-order valence-corrected chi connectivity index (χ1v) is 6.93. The minimum absolute atomic E-state index is 0.301. The highest BCUT2D eigenvalue weighted by Gasteiger charge is 2.06. The Balaban J connectivity index is 2.62. The molecule has 0 amide bonds. The maximum atomic E-state index is 8.79. The van der Waals surface area contributed by atoms with Gasteiger partial charge in [-0.05, 0) is 56.0 Å². The Hall–Kier alpha value is -0.860. The smallest absolute Gasteiger partial charge is 0.0431 e. The van der Waals surface area contributed by atoms with Crippen molar-refractivity contribution < 1.29 is 5.11 Å². The SMILES string of the molecule is Cc1ccc(C(C)C)cc1CN(C)CCCCO. The van der Waals surface area contributed by atoms with Crippen LogP contribution in [0.2, 0.25) is 0 Å². The van der Waals surface area contributed by atoms with E-state index in [9.17, 15) is 0 Å². The van der Waals surface area contributed by atoms with Crippen molar-refractivity contribution in [3.8, 4) is 0 Å². The number of unbranched alkanes of at least 4 members (excludes halogenated alkanes) is 1. The largest absolute Gasteiger partial charge is 0.396 e. The van der Waals surface area contributed by atoms with E-state index in [-0.39, 0.29) is 0 Å². The van der Waals surface area contributed by atoms with Crippen molar-refractivity contribution in [3.63, 3.8) is 0 Å². The maximum Gasteiger partial charge on any atom is 0.0431 e. The van der Waals surface area contributed by atoms with E-state index in [1.807, 2.05) is 0 Å². The van der Waals surface area contributed by atoms with Crippen molar-refractivity contribution >= 4 is 0 Å². The average molecular weight is 249 g/mol. The average Bonchev–Trinajstić information content (AvgIpc) is 2.32. The first kappa shape index (κ1) is 15.2. The van der Waals surface area contributed by atoms with Gasteiger partial charge in [-0.3, -0.25) is 0 Å². The fourth-order valence-electron chi connectivity index (χ4n) is 2.08. The summed E-state index contributed by atoms with van der Waals surface area (Å²) in [6, 6.07) is 6.80. The molecule has 0 atom stereocenters. The Kier molecular flexibility index (Phi) is 6.37. The summed E-state index contributed by atoms with van der Waals surface area (Å²) in [6.07, 6.45) is 1.96. The number of hydrogen-bond acceptors (Lipinski definition) is 2. The summed E-state index contributed by atoms with van der Waals surface area (Å²) in [4.78, 5) is 2.34. The summed E-state index contributed by atoms with van der Waals surface area (Å²) in [5, 5.41) is 8.79. The first-order valence-electron chi connectivity index (χ1n) is 6.93. The van der Waals surface area contributed by atoms with Gasteiger partial charge in [-0.15, -0.1) is 0 Å². The Morgan fingerprint density at radius 3 is 2.56 bits per heavy atom. The molecule has 0 saturated heterocycles. The Morgan fingerprint density at radius 2 is 1.94 bits per heavy atom. The fourth-order valence-corrected chi connectivity index (χ4v) is 2.08. The lowest BCUT2D eigenvalue weighted by molar-refractivity contribution is 0.261. The quantitative estimate of drug-likeness (QED) is 0.749. The molecule has 0 aliphatic heterocycles. The number of rotatable bonds is 7. The second kappa shape index (κ2) is 7.55. The second-order valence-electron chi connectivity index (χ2n) is 5.51. The third-order valence-electron chi connectivity index (χ3n) is 3.43. The van der Waals surface area contributed by atoms with E-state index in [0.717, 1.165) is 25.9 Å². The molecule has 2 heteroatoms. The third-order valence-corrected chi connectivity index (χ3v) is 3.43. The lowest BCUT2D eigenvalue weighted by Gasteiger charge is -2.19. The van der Waals surface area contributed by atoms with E-state index in [0.29, 0.717) is 12.5 Å². The molecule has 0 saturated carbocycles. The van der Waals surface area contributed by atoms with Crippen molar-refractivity contribution in [1.29, 1.82) is 0 Å². The van der Waals surface area contributed by atoms with Gasteiger partial charge in [0.15, 0.2) is 0 Å². The Morgan fingerprint density at radius 1 is 1.22 bits per heavy atom. The van der Waals surface area contributed by atoms with Crippen LogP contribution in [0.15, 0.2) is 18.2 Å². The zero-order chi connectivity index (χ0) is 13.5. The zero-order valence-corrected chi connectivity index (χ0v) is 12.2. The second-order valence-corrected chi connectivity index (χ2v) is 5.51. The summed E-state index contributed by atoms with van der Waals surface area (Å²) < 4.78 is 0. The van der Waals surface area contributed by atoms with Crippen LogP contribution < -0.4 is 0 Å². The highest BCUT2D eigenvalue weighted by molar-refractivity contribution is 5.32. The maximum absolute atomic E-state index is 8.79. The van der Waals surface area contributed by atoms with Gasteiger partial charge in [0, 0.05) is 13.2 Å². The number of hydrogen-bond donors (Lipinski definition) is 1. The van der Waals surface area contributed by atoms with Crippen molar-refractivity contribution in [2.45, 2.75) is 46.1 Å². The number of aryl methyl sites for hydroxylation is 1. The van der Waals surface area contributed by atoms with Crippen molar-refractivity contribution in [3.05, 3.63) is 34.9 Å². The van der Waals surface area contributed by atoms with Gasteiger partial charge in [-0.1, -0.05) is 32.0 Å². The van der Waals surface area contributed by atoms with Crippen LogP contribution in [0, 0.1) is 6.92 Å². The van der Waals surface area contributed by atoms with Gasteiger partial charge in [0.1, 0.15) is 0 Å². The zero-order valence-electron chi connectivity index (χ0n) is 12.2. The van der Waals surface area contributed by atoms with E-state index in [2.05, 4.69) is 50.9 Å². The topological polar surface area (TPSA) is 23.5 Å². The van der Waals surface area contributed by atoms with E-state index in [4.69, 9.17) is 5.11 Å². The molecule has 2 nitrogen and oxygen atoms in total. The van der Waals surface area contributed by atoms with Crippen LogP contribution in [-0.4, -0.2) is 30.2 Å². The normalized spacial score (nSPS) is 11.5. The molecular formula is C16H27NO. The Bertz CT molecular complexity index is 360. The summed E-state index contributed by atoms with van der Waals surface area (Å²) in [5.74, 6) is 0.587. The highest BCUT2D eigenvalue weighted by Crippen LogP contribution is 2.19. The highest BCUT2D eigenvalue weighted by atomic mass is 16.2. The predicted molar refractivity (Wildman–Crippen MR) is 77.9 cm³/mol. The van der Waals surface area contributed by atoms with Crippen LogP contribution in [0.4, 0.5) is 0 Å². The first-order chi connectivity index (χ1) is 8.54. The van der Waals surface area contributed by atoms with E-state index in [1.165, 1.54) is 16.7 Å². The van der Waals surface area contributed by atoms with Gasteiger partial charge in [0.2, 0.25) is 0 Å².